The van der Waals surface area contributed by atoms with Crippen molar-refractivity contribution in [3.8, 4) is 24.2 Å². The lowest BCUT2D eigenvalue weighted by Gasteiger charge is -1.99. The highest BCUT2D eigenvalue weighted by atomic mass is 16.4. The maximum absolute atomic E-state index is 10.1. The molecule has 3 nitrogen and oxygen atoms in total. The van der Waals surface area contributed by atoms with E-state index < -0.39 is 12.1 Å². The summed E-state index contributed by atoms with van der Waals surface area (Å²) in [5, 5.41) is 17.5. The molecule has 72 valence electrons. The summed E-state index contributed by atoms with van der Waals surface area (Å²) >= 11 is 0. The van der Waals surface area contributed by atoms with Crippen LogP contribution in [0.4, 0.5) is 0 Å². The average molecular weight is 190 g/mol. The summed E-state index contributed by atoms with van der Waals surface area (Å²) in [5.74, 6) is 5.98. The van der Waals surface area contributed by atoms with E-state index in [9.17, 15) is 4.79 Å². The zero-order chi connectivity index (χ0) is 10.8. The monoisotopic (exact) mass is 190 g/mol. The quantitative estimate of drug-likeness (QED) is 0.503. The van der Waals surface area contributed by atoms with Gasteiger partial charge < -0.3 is 10.2 Å². The first-order valence-corrected chi connectivity index (χ1v) is 3.94. The Hall–Kier alpha value is -1.93. The fourth-order valence-corrected chi connectivity index (χ4v) is 0.633. The van der Waals surface area contributed by atoms with Gasteiger partial charge in [0.1, 0.15) is 0 Å². The Morgan fingerprint density at radius 2 is 2.29 bits per heavy atom. The van der Waals surface area contributed by atoms with Gasteiger partial charge in [-0.1, -0.05) is 5.92 Å². The van der Waals surface area contributed by atoms with Crippen LogP contribution in [-0.4, -0.2) is 22.3 Å². The van der Waals surface area contributed by atoms with Crippen LogP contribution in [0.25, 0.3) is 0 Å². The Bertz CT molecular complexity index is 343. The van der Waals surface area contributed by atoms with Crippen molar-refractivity contribution in [3.05, 3.63) is 17.9 Å². The molecule has 0 saturated carbocycles. The third-order valence-corrected chi connectivity index (χ3v) is 1.24. The number of aliphatic hydroxyl groups is 1. The molecule has 0 spiro atoms. The van der Waals surface area contributed by atoms with Gasteiger partial charge in [-0.25, -0.2) is 0 Å². The molecule has 1 atom stereocenters. The van der Waals surface area contributed by atoms with Crippen molar-refractivity contribution in [2.24, 2.45) is 0 Å². The number of carboxylic acids is 1. The Balaban J connectivity index is 3.93. The summed E-state index contributed by atoms with van der Waals surface area (Å²) in [4.78, 5) is 10.1. The van der Waals surface area contributed by atoms with Gasteiger partial charge in [0.2, 0.25) is 0 Å². The Kier molecular flexibility index (Phi) is 6.64. The number of hydrogen-bond acceptors (Lipinski definition) is 2. The predicted molar refractivity (Wildman–Crippen MR) is 52.1 cm³/mol. The number of aliphatic carboxylic acids is 1. The van der Waals surface area contributed by atoms with Crippen molar-refractivity contribution in [1.29, 1.82) is 0 Å². The number of rotatable bonds is 4. The van der Waals surface area contributed by atoms with E-state index in [1.165, 1.54) is 12.2 Å². The Labute approximate surface area is 82.8 Å². The first kappa shape index (κ1) is 12.1. The average Bonchev–Trinajstić information content (AvgIpc) is 2.14. The van der Waals surface area contributed by atoms with Crippen LogP contribution in [0.5, 0.6) is 0 Å². The fourth-order valence-electron chi connectivity index (χ4n) is 0.633. The lowest BCUT2D eigenvalue weighted by Crippen LogP contribution is -2.05. The van der Waals surface area contributed by atoms with Crippen LogP contribution in [0.1, 0.15) is 12.8 Å². The van der Waals surface area contributed by atoms with Crippen molar-refractivity contribution in [2.75, 3.05) is 0 Å². The van der Waals surface area contributed by atoms with Gasteiger partial charge in [0, 0.05) is 12.5 Å². The molecule has 1 unspecified atom stereocenters. The van der Waals surface area contributed by atoms with Crippen molar-refractivity contribution >= 4 is 5.97 Å². The number of hydrogen-bond donors (Lipinski definition) is 2. The van der Waals surface area contributed by atoms with Gasteiger partial charge in [-0.15, -0.1) is 12.2 Å². The third kappa shape index (κ3) is 8.17. The SMILES string of the molecule is C#CC#CC=C=CC(O)CCC(=O)O. The zero-order valence-corrected chi connectivity index (χ0v) is 7.53. The van der Waals surface area contributed by atoms with Gasteiger partial charge in [-0.2, -0.15) is 0 Å². The van der Waals surface area contributed by atoms with Gasteiger partial charge in [0.25, 0.3) is 0 Å². The minimum absolute atomic E-state index is 0.0740. The highest BCUT2D eigenvalue weighted by Crippen LogP contribution is 1.97. The third-order valence-electron chi connectivity index (χ3n) is 1.24. The molecule has 0 aromatic heterocycles. The molecule has 2 N–H and O–H groups in total. The molecule has 0 rings (SSSR count). The van der Waals surface area contributed by atoms with Crippen molar-refractivity contribution < 1.29 is 15.0 Å². The summed E-state index contributed by atoms with van der Waals surface area (Å²) in [6.45, 7) is 0. The van der Waals surface area contributed by atoms with Crippen molar-refractivity contribution in [1.82, 2.24) is 0 Å². The maximum Gasteiger partial charge on any atom is 0.303 e. The second kappa shape index (κ2) is 7.71. The van der Waals surface area contributed by atoms with Crippen molar-refractivity contribution in [3.63, 3.8) is 0 Å². The van der Waals surface area contributed by atoms with E-state index in [4.69, 9.17) is 16.6 Å². The molecule has 0 saturated heterocycles. The number of terminal acetylenes is 1. The number of aliphatic hydroxyl groups excluding tert-OH is 1. The molecule has 14 heavy (non-hydrogen) atoms. The van der Waals surface area contributed by atoms with Crippen LogP contribution >= 0.6 is 0 Å². The minimum Gasteiger partial charge on any atom is -0.481 e. The molecule has 0 aromatic carbocycles. The summed E-state index contributed by atoms with van der Waals surface area (Å²) in [7, 11) is 0. The largest absolute Gasteiger partial charge is 0.481 e. The standard InChI is InChI=1S/C11H10O3/c1-2-3-4-5-6-7-10(12)8-9-11(13)14/h1,5,7,10,12H,8-9H2,(H,13,14). The first-order valence-electron chi connectivity index (χ1n) is 3.94. The first-order chi connectivity index (χ1) is 6.66. The number of carbonyl (C=O) groups is 1. The van der Waals surface area contributed by atoms with Gasteiger partial charge in [-0.3, -0.25) is 4.79 Å². The van der Waals surface area contributed by atoms with Crippen LogP contribution in [0.15, 0.2) is 17.9 Å². The lowest BCUT2D eigenvalue weighted by atomic mass is 10.2. The van der Waals surface area contributed by atoms with Gasteiger partial charge in [-0.05, 0) is 24.3 Å². The van der Waals surface area contributed by atoms with Crippen LogP contribution in [0.2, 0.25) is 0 Å². The molecular formula is C11H10O3. The zero-order valence-electron chi connectivity index (χ0n) is 7.53. The van der Waals surface area contributed by atoms with Crippen LogP contribution < -0.4 is 0 Å². The summed E-state index contributed by atoms with van der Waals surface area (Å²) in [5.41, 5.74) is 2.58. The molecule has 0 bridgehead atoms. The predicted octanol–water partition coefficient (Wildman–Crippen LogP) is 0.560. The van der Waals surface area contributed by atoms with Crippen molar-refractivity contribution in [2.45, 2.75) is 18.9 Å². The molecule has 0 amide bonds. The van der Waals surface area contributed by atoms with E-state index in [1.807, 2.05) is 0 Å². The highest BCUT2D eigenvalue weighted by Gasteiger charge is 2.02. The normalized spacial score (nSPS) is 9.71. The molecule has 0 fully saturated rings. The van der Waals surface area contributed by atoms with E-state index in [0.29, 0.717) is 0 Å². The lowest BCUT2D eigenvalue weighted by molar-refractivity contribution is -0.137. The van der Waals surface area contributed by atoms with E-state index in [1.54, 1.807) is 0 Å². The molecule has 0 heterocycles. The van der Waals surface area contributed by atoms with Crippen LogP contribution in [0, 0.1) is 24.2 Å². The Morgan fingerprint density at radius 3 is 2.86 bits per heavy atom. The molecule has 0 aliphatic carbocycles. The smallest absolute Gasteiger partial charge is 0.303 e. The molecule has 0 aliphatic heterocycles. The Morgan fingerprint density at radius 1 is 1.57 bits per heavy atom. The van der Waals surface area contributed by atoms with E-state index in [0.717, 1.165) is 0 Å². The van der Waals surface area contributed by atoms with Gasteiger partial charge in [0.15, 0.2) is 0 Å². The van der Waals surface area contributed by atoms with E-state index in [2.05, 4.69) is 23.5 Å². The van der Waals surface area contributed by atoms with Gasteiger partial charge in [0.05, 0.1) is 6.10 Å². The van der Waals surface area contributed by atoms with Gasteiger partial charge >= 0.3 is 5.97 Å². The molecule has 0 radical (unpaired) electrons. The number of carboxylic acid groups (broad SMARTS) is 1. The van der Waals surface area contributed by atoms with E-state index in [-0.39, 0.29) is 12.8 Å². The minimum atomic E-state index is -0.937. The maximum atomic E-state index is 10.1. The second-order valence-electron chi connectivity index (χ2n) is 2.39. The molecule has 0 aromatic rings. The summed E-state index contributed by atoms with van der Waals surface area (Å²) in [6.07, 6.45) is 6.84. The highest BCUT2D eigenvalue weighted by molar-refractivity contribution is 5.66. The van der Waals surface area contributed by atoms with Crippen LogP contribution in [0.3, 0.4) is 0 Å². The summed E-state index contributed by atoms with van der Waals surface area (Å²) < 4.78 is 0. The molecule has 3 heteroatoms. The molecule has 0 aliphatic rings. The fraction of sp³-hybridized carbons (Fsp3) is 0.273. The molecular weight excluding hydrogens is 180 g/mol. The topological polar surface area (TPSA) is 57.5 Å². The summed E-state index contributed by atoms with van der Waals surface area (Å²) in [6, 6.07) is 0. The van der Waals surface area contributed by atoms with Crippen LogP contribution in [-0.2, 0) is 4.79 Å². The second-order valence-corrected chi connectivity index (χ2v) is 2.39. The van der Waals surface area contributed by atoms with E-state index >= 15 is 0 Å².